The number of carbonyl (C=O) groups is 2. The lowest BCUT2D eigenvalue weighted by molar-refractivity contribution is -0.120. The molecule has 2 aromatic carbocycles. The van der Waals surface area contributed by atoms with Crippen LogP contribution in [0.1, 0.15) is 15.9 Å². The molecule has 0 radical (unpaired) electrons. The maximum atomic E-state index is 12.0. The van der Waals surface area contributed by atoms with Gasteiger partial charge in [-0.25, -0.2) is 10.4 Å². The smallest absolute Gasteiger partial charge is 0.259 e. The van der Waals surface area contributed by atoms with Crippen LogP contribution >= 0.6 is 23.2 Å². The Bertz CT molecular complexity index is 1040. The number of nitrogens with zero attached hydrogens (tertiary/aromatic N) is 2. The molecule has 27 heavy (non-hydrogen) atoms. The average molecular weight is 401 g/mol. The molecule has 2 N–H and O–H groups in total. The zero-order chi connectivity index (χ0) is 19.2. The van der Waals surface area contributed by atoms with E-state index in [4.69, 9.17) is 23.2 Å². The Labute approximate surface area is 165 Å². The summed E-state index contributed by atoms with van der Waals surface area (Å²) < 4.78 is 0. The van der Waals surface area contributed by atoms with Crippen molar-refractivity contribution in [2.75, 3.05) is 6.54 Å². The van der Waals surface area contributed by atoms with Gasteiger partial charge < -0.3 is 5.32 Å². The van der Waals surface area contributed by atoms with Crippen molar-refractivity contribution in [3.63, 3.8) is 0 Å². The molecule has 0 saturated heterocycles. The Morgan fingerprint density at radius 2 is 1.81 bits per heavy atom. The SMILES string of the molecule is O=C(CNC(=O)c1ccccc1Cl)N/N=C/c1cc2ccccc2nc1Cl. The third-order valence-corrected chi connectivity index (χ3v) is 4.26. The lowest BCUT2D eigenvalue weighted by Crippen LogP contribution is -2.35. The van der Waals surface area contributed by atoms with E-state index in [2.05, 4.69) is 20.8 Å². The minimum Gasteiger partial charge on any atom is -0.343 e. The number of carbonyl (C=O) groups excluding carboxylic acids is 2. The van der Waals surface area contributed by atoms with E-state index in [1.807, 2.05) is 30.3 Å². The number of fused-ring (bicyclic) bond motifs is 1. The molecule has 0 saturated carbocycles. The van der Waals surface area contributed by atoms with Gasteiger partial charge >= 0.3 is 0 Å². The van der Waals surface area contributed by atoms with E-state index in [-0.39, 0.29) is 11.7 Å². The molecule has 3 aromatic rings. The van der Waals surface area contributed by atoms with Crippen molar-refractivity contribution in [2.24, 2.45) is 5.10 Å². The fourth-order valence-corrected chi connectivity index (χ4v) is 2.73. The van der Waals surface area contributed by atoms with Crippen molar-refractivity contribution in [2.45, 2.75) is 0 Å². The van der Waals surface area contributed by atoms with Crippen LogP contribution < -0.4 is 10.7 Å². The van der Waals surface area contributed by atoms with Gasteiger partial charge in [0.25, 0.3) is 11.8 Å². The fraction of sp³-hybridized carbons (Fsp3) is 0.0526. The van der Waals surface area contributed by atoms with Crippen LogP contribution in [-0.2, 0) is 4.79 Å². The van der Waals surface area contributed by atoms with Crippen LogP contribution in [0.25, 0.3) is 10.9 Å². The zero-order valence-corrected chi connectivity index (χ0v) is 15.5. The number of aromatic nitrogens is 1. The van der Waals surface area contributed by atoms with Crippen molar-refractivity contribution < 1.29 is 9.59 Å². The van der Waals surface area contributed by atoms with Crippen molar-refractivity contribution >= 4 is 52.1 Å². The summed E-state index contributed by atoms with van der Waals surface area (Å²) >= 11 is 12.1. The van der Waals surface area contributed by atoms with Crippen molar-refractivity contribution in [3.8, 4) is 0 Å². The second-order valence-corrected chi connectivity index (χ2v) is 6.28. The predicted octanol–water partition coefficient (Wildman–Crippen LogP) is 3.42. The number of rotatable bonds is 5. The molecule has 0 aliphatic carbocycles. The number of benzene rings is 2. The Morgan fingerprint density at radius 3 is 2.63 bits per heavy atom. The molecule has 1 aromatic heterocycles. The highest BCUT2D eigenvalue weighted by atomic mass is 35.5. The Kier molecular flexibility index (Phi) is 6.01. The highest BCUT2D eigenvalue weighted by molar-refractivity contribution is 6.34. The van der Waals surface area contributed by atoms with Crippen LogP contribution in [0.2, 0.25) is 10.2 Å². The van der Waals surface area contributed by atoms with E-state index in [1.54, 1.807) is 24.3 Å². The topological polar surface area (TPSA) is 83.5 Å². The number of halogens is 2. The summed E-state index contributed by atoms with van der Waals surface area (Å²) in [4.78, 5) is 28.1. The number of amides is 2. The highest BCUT2D eigenvalue weighted by Gasteiger charge is 2.10. The minimum absolute atomic E-state index is 0.245. The van der Waals surface area contributed by atoms with Crippen LogP contribution in [-0.4, -0.2) is 29.6 Å². The summed E-state index contributed by atoms with van der Waals surface area (Å²) in [6.45, 7) is -0.245. The molecule has 0 aliphatic heterocycles. The maximum Gasteiger partial charge on any atom is 0.259 e. The first-order chi connectivity index (χ1) is 13.0. The molecule has 3 rings (SSSR count). The molecule has 0 aliphatic rings. The summed E-state index contributed by atoms with van der Waals surface area (Å²) in [5.41, 5.74) is 3.96. The van der Waals surface area contributed by atoms with Gasteiger partial charge in [-0.05, 0) is 24.3 Å². The van der Waals surface area contributed by atoms with Gasteiger partial charge in [0.15, 0.2) is 0 Å². The first-order valence-electron chi connectivity index (χ1n) is 7.94. The van der Waals surface area contributed by atoms with Gasteiger partial charge in [0.2, 0.25) is 0 Å². The molecular weight excluding hydrogens is 387 g/mol. The summed E-state index contributed by atoms with van der Waals surface area (Å²) in [5.74, 6) is -0.932. The van der Waals surface area contributed by atoms with Crippen LogP contribution in [0.4, 0.5) is 0 Å². The third-order valence-electron chi connectivity index (χ3n) is 3.63. The molecule has 8 heteroatoms. The van der Waals surface area contributed by atoms with E-state index in [0.717, 1.165) is 10.9 Å². The quantitative estimate of drug-likeness (QED) is 0.391. The van der Waals surface area contributed by atoms with Gasteiger partial charge in [-0.1, -0.05) is 53.5 Å². The van der Waals surface area contributed by atoms with Crippen LogP contribution in [0.5, 0.6) is 0 Å². The molecule has 0 unspecified atom stereocenters. The van der Waals surface area contributed by atoms with Gasteiger partial charge in [-0.2, -0.15) is 5.10 Å². The van der Waals surface area contributed by atoms with Gasteiger partial charge in [-0.15, -0.1) is 0 Å². The molecule has 0 bridgehead atoms. The van der Waals surface area contributed by atoms with E-state index in [9.17, 15) is 9.59 Å². The Hall–Kier alpha value is -2.96. The van der Waals surface area contributed by atoms with Crippen molar-refractivity contribution in [1.29, 1.82) is 0 Å². The molecule has 0 fully saturated rings. The number of pyridine rings is 1. The first-order valence-corrected chi connectivity index (χ1v) is 8.70. The van der Waals surface area contributed by atoms with Gasteiger partial charge in [-0.3, -0.25) is 9.59 Å². The lowest BCUT2D eigenvalue weighted by atomic mass is 10.2. The highest BCUT2D eigenvalue weighted by Crippen LogP contribution is 2.19. The minimum atomic E-state index is -0.489. The standard InChI is InChI=1S/C19H14Cl2N4O2/c20-15-7-3-2-6-14(15)19(27)22-11-17(26)25-23-10-13-9-12-5-1-4-8-16(12)24-18(13)21/h1-10H,11H2,(H,22,27)(H,25,26)/b23-10+. The lowest BCUT2D eigenvalue weighted by Gasteiger charge is -2.05. The fourth-order valence-electron chi connectivity index (χ4n) is 2.31. The molecule has 0 spiro atoms. The molecule has 2 amide bonds. The van der Waals surface area contributed by atoms with Gasteiger partial charge in [0.1, 0.15) is 5.15 Å². The second-order valence-electron chi connectivity index (χ2n) is 5.52. The Balaban J connectivity index is 1.57. The molecule has 136 valence electrons. The second kappa shape index (κ2) is 8.62. The van der Waals surface area contributed by atoms with Crippen LogP contribution in [0, 0.1) is 0 Å². The summed E-state index contributed by atoms with van der Waals surface area (Å²) in [6, 6.07) is 15.9. The molecule has 0 atom stereocenters. The maximum absolute atomic E-state index is 12.0. The van der Waals surface area contributed by atoms with Crippen molar-refractivity contribution in [3.05, 3.63) is 75.9 Å². The number of nitrogens with one attached hydrogen (secondary N) is 2. The number of hydrogen-bond acceptors (Lipinski definition) is 4. The number of hydrogen-bond donors (Lipinski definition) is 2. The Morgan fingerprint density at radius 1 is 1.07 bits per heavy atom. The van der Waals surface area contributed by atoms with Crippen LogP contribution in [0.3, 0.4) is 0 Å². The zero-order valence-electron chi connectivity index (χ0n) is 13.9. The van der Waals surface area contributed by atoms with E-state index in [1.165, 1.54) is 6.21 Å². The van der Waals surface area contributed by atoms with Gasteiger partial charge in [0, 0.05) is 10.9 Å². The molecule has 1 heterocycles. The van der Waals surface area contributed by atoms with E-state index < -0.39 is 11.8 Å². The largest absolute Gasteiger partial charge is 0.343 e. The first kappa shape index (κ1) is 18.8. The summed E-state index contributed by atoms with van der Waals surface area (Å²) in [6.07, 6.45) is 1.40. The summed E-state index contributed by atoms with van der Waals surface area (Å²) in [5, 5.41) is 7.82. The van der Waals surface area contributed by atoms with E-state index >= 15 is 0 Å². The predicted molar refractivity (Wildman–Crippen MR) is 106 cm³/mol. The number of hydrazone groups is 1. The third kappa shape index (κ3) is 4.81. The summed E-state index contributed by atoms with van der Waals surface area (Å²) in [7, 11) is 0. The average Bonchev–Trinajstić information content (AvgIpc) is 2.67. The molecular formula is C19H14Cl2N4O2. The van der Waals surface area contributed by atoms with Crippen molar-refractivity contribution in [1.82, 2.24) is 15.7 Å². The monoisotopic (exact) mass is 400 g/mol. The van der Waals surface area contributed by atoms with E-state index in [0.29, 0.717) is 16.1 Å². The number of para-hydroxylation sites is 1. The molecule has 6 nitrogen and oxygen atoms in total. The van der Waals surface area contributed by atoms with Gasteiger partial charge in [0.05, 0.1) is 28.9 Å². The normalized spacial score (nSPS) is 10.9. The van der Waals surface area contributed by atoms with Crippen LogP contribution in [0.15, 0.2) is 59.7 Å².